The number of hydrazone groups is 1. The van der Waals surface area contributed by atoms with E-state index in [-0.39, 0.29) is 11.3 Å². The van der Waals surface area contributed by atoms with Crippen molar-refractivity contribution < 1.29 is 19.3 Å². The van der Waals surface area contributed by atoms with E-state index >= 15 is 0 Å². The topological polar surface area (TPSA) is 122 Å². The summed E-state index contributed by atoms with van der Waals surface area (Å²) in [5.41, 5.74) is -0.110. The van der Waals surface area contributed by atoms with Gasteiger partial charge < -0.3 is 0 Å². The molecule has 3 aliphatic rings. The number of ketones is 1. The Morgan fingerprint density at radius 3 is 2.76 bits per heavy atom. The lowest BCUT2D eigenvalue weighted by molar-refractivity contribution is -0.384. The van der Waals surface area contributed by atoms with Crippen LogP contribution in [-0.2, 0) is 9.59 Å². The van der Waals surface area contributed by atoms with Gasteiger partial charge in [-0.15, -0.1) is 0 Å². The highest BCUT2D eigenvalue weighted by Crippen LogP contribution is 2.42. The number of nitrogens with one attached hydrogen (secondary N) is 1. The molecule has 0 aliphatic carbocycles. The molecule has 126 valence electrons. The lowest BCUT2D eigenvalue weighted by atomic mass is 9.86. The minimum atomic E-state index is -0.982. The van der Waals surface area contributed by atoms with E-state index in [1.54, 1.807) is 12.2 Å². The first-order valence-corrected chi connectivity index (χ1v) is 7.61. The number of hydrogen-bond donors (Lipinski definition) is 1. The van der Waals surface area contributed by atoms with Crippen molar-refractivity contribution >= 4 is 29.5 Å². The van der Waals surface area contributed by atoms with Crippen molar-refractivity contribution in [2.24, 2.45) is 16.9 Å². The number of fused-ring (bicyclic) bond motifs is 3. The van der Waals surface area contributed by atoms with E-state index in [4.69, 9.17) is 0 Å². The van der Waals surface area contributed by atoms with Crippen LogP contribution in [0.4, 0.5) is 5.69 Å². The van der Waals surface area contributed by atoms with Gasteiger partial charge in [0.1, 0.15) is 6.04 Å². The van der Waals surface area contributed by atoms with E-state index in [1.807, 2.05) is 0 Å². The van der Waals surface area contributed by atoms with Crippen molar-refractivity contribution in [3.63, 3.8) is 0 Å². The molecule has 3 aliphatic heterocycles. The maximum atomic E-state index is 13.0. The highest BCUT2D eigenvalue weighted by Gasteiger charge is 2.61. The van der Waals surface area contributed by atoms with Crippen molar-refractivity contribution in [2.45, 2.75) is 12.1 Å². The van der Waals surface area contributed by atoms with Gasteiger partial charge in [0.2, 0.25) is 11.8 Å². The number of benzene rings is 1. The monoisotopic (exact) mass is 340 g/mol. The second kappa shape index (κ2) is 5.33. The Morgan fingerprint density at radius 2 is 2.00 bits per heavy atom. The molecule has 2 amide bonds. The Kier molecular flexibility index (Phi) is 3.24. The Hall–Kier alpha value is -3.36. The lowest BCUT2D eigenvalue weighted by Crippen LogP contribution is -2.44. The molecule has 4 rings (SSSR count). The second-order valence-corrected chi connectivity index (χ2v) is 6.04. The van der Waals surface area contributed by atoms with Gasteiger partial charge in [0, 0.05) is 23.9 Å². The molecule has 0 unspecified atom stereocenters. The van der Waals surface area contributed by atoms with Gasteiger partial charge in [-0.25, -0.2) is 0 Å². The molecule has 2 saturated heterocycles. The molecular weight excluding hydrogens is 328 g/mol. The lowest BCUT2D eigenvalue weighted by Gasteiger charge is -2.28. The van der Waals surface area contributed by atoms with Gasteiger partial charge >= 0.3 is 0 Å². The molecule has 0 aromatic heterocycles. The average Bonchev–Trinajstić information content (AvgIpc) is 3.10. The zero-order valence-corrected chi connectivity index (χ0v) is 12.7. The summed E-state index contributed by atoms with van der Waals surface area (Å²) in [4.78, 5) is 47.7. The summed E-state index contributed by atoms with van der Waals surface area (Å²) in [6.07, 6.45) is 4.87. The molecular formula is C16H12N4O5. The van der Waals surface area contributed by atoms with Crippen molar-refractivity contribution in [3.05, 3.63) is 52.1 Å². The fourth-order valence-corrected chi connectivity index (χ4v) is 3.70. The first kappa shape index (κ1) is 15.2. The standard InChI is InChI=1S/C16H12N4O5/c21-14(8-3-1-4-9(7-8)20(24)25)13-12-11(15(22)18-16(12)23)10-5-2-6-17-19(10)13/h1-7,10-13H,(H,18,22,23)/t10-,11+,12-,13+/m1/s1. The van der Waals surface area contributed by atoms with Crippen LogP contribution in [0, 0.1) is 22.0 Å². The molecule has 3 heterocycles. The molecule has 9 nitrogen and oxygen atoms in total. The molecule has 0 radical (unpaired) electrons. The minimum absolute atomic E-state index is 0.107. The van der Waals surface area contributed by atoms with Gasteiger partial charge in [0.05, 0.1) is 22.8 Å². The van der Waals surface area contributed by atoms with Crippen molar-refractivity contribution in [1.29, 1.82) is 0 Å². The summed E-state index contributed by atoms with van der Waals surface area (Å²) < 4.78 is 0. The number of amides is 2. The third kappa shape index (κ3) is 2.16. The highest BCUT2D eigenvalue weighted by molar-refractivity contribution is 6.12. The number of carbonyl (C=O) groups is 3. The fourth-order valence-electron chi connectivity index (χ4n) is 3.70. The van der Waals surface area contributed by atoms with Gasteiger partial charge in [0.25, 0.3) is 5.69 Å². The number of carbonyl (C=O) groups excluding carboxylic acids is 3. The predicted octanol–water partition coefficient (Wildman–Crippen LogP) is 0.275. The van der Waals surface area contributed by atoms with Crippen LogP contribution in [0.2, 0.25) is 0 Å². The minimum Gasteiger partial charge on any atom is -0.296 e. The number of nitrogens with zero attached hydrogens (tertiary/aromatic N) is 3. The number of hydrogen-bond acceptors (Lipinski definition) is 7. The summed E-state index contributed by atoms with van der Waals surface area (Å²) in [6.45, 7) is 0. The quantitative estimate of drug-likeness (QED) is 0.365. The SMILES string of the molecule is O=C1NC(=O)[C@@H]2[C@@H]1[C@H]1C=CC=NN1[C@@H]2C(=O)c1cccc([N+](=O)[O-])c1. The van der Waals surface area contributed by atoms with Crippen LogP contribution in [0.15, 0.2) is 41.5 Å². The van der Waals surface area contributed by atoms with Gasteiger partial charge in [-0.05, 0) is 6.08 Å². The molecule has 0 spiro atoms. The van der Waals surface area contributed by atoms with E-state index in [0.29, 0.717) is 0 Å². The number of Topliss-reactive ketones (excluding diaryl/α,β-unsaturated/α-hetero) is 1. The van der Waals surface area contributed by atoms with Crippen LogP contribution < -0.4 is 5.32 Å². The van der Waals surface area contributed by atoms with Crippen LogP contribution in [0.1, 0.15) is 10.4 Å². The van der Waals surface area contributed by atoms with Crippen LogP contribution in [-0.4, -0.2) is 45.8 Å². The van der Waals surface area contributed by atoms with Crippen molar-refractivity contribution in [1.82, 2.24) is 10.3 Å². The molecule has 0 saturated carbocycles. The molecule has 4 atom stereocenters. The molecule has 1 aromatic carbocycles. The fraction of sp³-hybridized carbons (Fsp3) is 0.250. The Balaban J connectivity index is 1.76. The highest BCUT2D eigenvalue weighted by atomic mass is 16.6. The van der Waals surface area contributed by atoms with E-state index in [9.17, 15) is 24.5 Å². The molecule has 0 bridgehead atoms. The third-order valence-electron chi connectivity index (χ3n) is 4.74. The first-order chi connectivity index (χ1) is 12.0. The summed E-state index contributed by atoms with van der Waals surface area (Å²) >= 11 is 0. The zero-order chi connectivity index (χ0) is 17.7. The summed E-state index contributed by atoms with van der Waals surface area (Å²) in [7, 11) is 0. The van der Waals surface area contributed by atoms with Gasteiger partial charge in [-0.3, -0.25) is 34.8 Å². The van der Waals surface area contributed by atoms with Crippen LogP contribution >= 0.6 is 0 Å². The number of non-ortho nitro benzene ring substituents is 1. The Labute approximate surface area is 141 Å². The maximum Gasteiger partial charge on any atom is 0.270 e. The maximum absolute atomic E-state index is 13.0. The molecule has 1 N–H and O–H groups in total. The summed E-state index contributed by atoms with van der Waals surface area (Å²) in [6, 6.07) is 3.84. The average molecular weight is 340 g/mol. The zero-order valence-electron chi connectivity index (χ0n) is 12.7. The summed E-state index contributed by atoms with van der Waals surface area (Å²) in [5, 5.41) is 18.8. The van der Waals surface area contributed by atoms with E-state index in [0.717, 1.165) is 0 Å². The van der Waals surface area contributed by atoms with Crippen molar-refractivity contribution in [3.8, 4) is 0 Å². The predicted molar refractivity (Wildman–Crippen MR) is 84.6 cm³/mol. The van der Waals surface area contributed by atoms with Crippen LogP contribution in [0.25, 0.3) is 0 Å². The largest absolute Gasteiger partial charge is 0.296 e. The molecule has 1 aromatic rings. The smallest absolute Gasteiger partial charge is 0.270 e. The number of rotatable bonds is 3. The molecule has 9 heteroatoms. The van der Waals surface area contributed by atoms with Crippen LogP contribution in [0.3, 0.4) is 0 Å². The van der Waals surface area contributed by atoms with Gasteiger partial charge in [-0.1, -0.05) is 18.2 Å². The Morgan fingerprint density at radius 1 is 1.24 bits per heavy atom. The van der Waals surface area contributed by atoms with Gasteiger partial charge in [0.15, 0.2) is 5.78 Å². The van der Waals surface area contributed by atoms with E-state index < -0.39 is 46.4 Å². The summed E-state index contributed by atoms with van der Waals surface area (Å²) in [5.74, 6) is -2.99. The molecule has 25 heavy (non-hydrogen) atoms. The third-order valence-corrected chi connectivity index (χ3v) is 4.74. The van der Waals surface area contributed by atoms with Crippen molar-refractivity contribution in [2.75, 3.05) is 0 Å². The van der Waals surface area contributed by atoms with E-state index in [2.05, 4.69) is 10.4 Å². The Bertz CT molecular complexity index is 877. The van der Waals surface area contributed by atoms with Gasteiger partial charge in [-0.2, -0.15) is 5.10 Å². The number of nitro groups is 1. The molecule has 2 fully saturated rings. The van der Waals surface area contributed by atoms with E-state index in [1.165, 1.54) is 35.5 Å². The second-order valence-electron chi connectivity index (χ2n) is 6.04. The first-order valence-electron chi connectivity index (χ1n) is 7.61. The normalized spacial score (nSPS) is 29.4. The number of nitro benzene ring substituents is 1. The van der Waals surface area contributed by atoms with Crippen LogP contribution in [0.5, 0.6) is 0 Å². The number of allylic oxidation sites excluding steroid dienone is 1. The number of imide groups is 1.